The van der Waals surface area contributed by atoms with Crippen molar-refractivity contribution in [1.29, 1.82) is 0 Å². The van der Waals surface area contributed by atoms with Crippen molar-refractivity contribution in [3.8, 4) is 0 Å². The number of H-pyrrole nitrogens is 1. The van der Waals surface area contributed by atoms with E-state index >= 15 is 4.39 Å². The minimum Gasteiger partial charge on any atom is -0.331 e. The van der Waals surface area contributed by atoms with E-state index < -0.39 is 29.2 Å². The maximum absolute atomic E-state index is 15.6. The maximum atomic E-state index is 15.6. The number of hydrogen-bond acceptors (Lipinski definition) is 6. The number of piperidine rings is 1. The standard InChI is InChI=1S/C27H35F4N7/c1-16-12-21(23(28)14-20(16)18-6-8-19(9-7-18)38-10-4-3-5-11-38)27(32)33-15-22(26(29,30)31)25(35-27)34-24-13-17(2)36-37-24/h12-15,18-19,35H,3-11,32H2,1-2H3,(H2,34,36,37). The van der Waals surface area contributed by atoms with Crippen molar-refractivity contribution >= 4 is 12.0 Å². The molecule has 1 unspecified atom stereocenters. The van der Waals surface area contributed by atoms with Gasteiger partial charge >= 0.3 is 6.18 Å². The largest absolute Gasteiger partial charge is 0.421 e. The quantitative estimate of drug-likeness (QED) is 0.391. The van der Waals surface area contributed by atoms with Gasteiger partial charge in [0.2, 0.25) is 5.79 Å². The third-order valence-corrected chi connectivity index (χ3v) is 8.06. The molecular weight excluding hydrogens is 498 g/mol. The van der Waals surface area contributed by atoms with Crippen molar-refractivity contribution in [2.75, 3.05) is 18.4 Å². The van der Waals surface area contributed by atoms with Gasteiger partial charge in [-0.25, -0.2) is 9.38 Å². The Morgan fingerprint density at radius 2 is 1.76 bits per heavy atom. The summed E-state index contributed by atoms with van der Waals surface area (Å²) in [5.41, 5.74) is 7.78. The van der Waals surface area contributed by atoms with Crippen molar-refractivity contribution in [2.45, 2.75) is 82.7 Å². The molecule has 3 heterocycles. The van der Waals surface area contributed by atoms with Crippen LogP contribution in [-0.2, 0) is 5.79 Å². The molecule has 5 N–H and O–H groups in total. The molecular formula is C27H35F4N7. The van der Waals surface area contributed by atoms with E-state index in [4.69, 9.17) is 5.73 Å². The van der Waals surface area contributed by atoms with Gasteiger partial charge in [-0.3, -0.25) is 10.8 Å². The normalized spacial score (nSPS) is 26.9. The maximum Gasteiger partial charge on any atom is 0.421 e. The van der Waals surface area contributed by atoms with Crippen LogP contribution >= 0.6 is 0 Å². The van der Waals surface area contributed by atoms with E-state index in [9.17, 15) is 13.2 Å². The van der Waals surface area contributed by atoms with Crippen LogP contribution in [0.25, 0.3) is 0 Å². The number of allylic oxidation sites excluding steroid dienone is 1. The molecule has 2 aromatic rings. The Bertz CT molecular complexity index is 1220. The predicted octanol–water partition coefficient (Wildman–Crippen LogP) is 5.31. The molecule has 2 fully saturated rings. The molecule has 3 aliphatic rings. The number of rotatable bonds is 5. The average molecular weight is 534 g/mol. The van der Waals surface area contributed by atoms with Crippen molar-refractivity contribution in [3.05, 3.63) is 57.8 Å². The zero-order valence-electron chi connectivity index (χ0n) is 21.8. The van der Waals surface area contributed by atoms with Crippen LogP contribution in [0.4, 0.5) is 23.4 Å². The van der Waals surface area contributed by atoms with Crippen LogP contribution in [0.15, 0.2) is 34.6 Å². The Balaban J connectivity index is 1.36. The molecule has 11 heteroatoms. The highest BCUT2D eigenvalue weighted by Gasteiger charge is 2.43. The minimum atomic E-state index is -4.71. The van der Waals surface area contributed by atoms with Gasteiger partial charge in [0.15, 0.2) is 5.82 Å². The zero-order chi connectivity index (χ0) is 27.1. The van der Waals surface area contributed by atoms with Crippen LogP contribution < -0.4 is 16.4 Å². The molecule has 1 aromatic carbocycles. The number of alkyl halides is 3. The van der Waals surface area contributed by atoms with E-state index in [0.29, 0.717) is 18.0 Å². The van der Waals surface area contributed by atoms with E-state index in [2.05, 4.69) is 30.7 Å². The Morgan fingerprint density at radius 3 is 2.39 bits per heavy atom. The van der Waals surface area contributed by atoms with Crippen molar-refractivity contribution in [3.63, 3.8) is 0 Å². The molecule has 206 valence electrons. The number of aromatic nitrogens is 2. The van der Waals surface area contributed by atoms with Crippen molar-refractivity contribution < 1.29 is 17.6 Å². The second kappa shape index (κ2) is 10.3. The summed E-state index contributed by atoms with van der Waals surface area (Å²) in [5, 5.41) is 11.8. The van der Waals surface area contributed by atoms with E-state index in [1.165, 1.54) is 38.4 Å². The Kier molecular flexibility index (Phi) is 7.25. The summed E-state index contributed by atoms with van der Waals surface area (Å²) < 4.78 is 56.8. The molecule has 1 saturated carbocycles. The first-order valence-corrected chi connectivity index (χ1v) is 13.3. The second-order valence-corrected chi connectivity index (χ2v) is 10.8. The molecule has 1 saturated heterocycles. The molecule has 0 spiro atoms. The minimum absolute atomic E-state index is 0.0178. The van der Waals surface area contributed by atoms with E-state index in [1.807, 2.05) is 6.92 Å². The number of aliphatic imine (C=N–C) groups is 1. The topological polar surface area (TPSA) is 94.4 Å². The van der Waals surface area contributed by atoms with Crippen LogP contribution in [0.2, 0.25) is 0 Å². The number of halogens is 4. The van der Waals surface area contributed by atoms with Gasteiger partial charge in [-0.2, -0.15) is 18.3 Å². The predicted molar refractivity (Wildman–Crippen MR) is 139 cm³/mol. The summed E-state index contributed by atoms with van der Waals surface area (Å²) in [5.74, 6) is -2.56. The lowest BCUT2D eigenvalue weighted by atomic mass is 9.79. The second-order valence-electron chi connectivity index (χ2n) is 10.8. The smallest absolute Gasteiger partial charge is 0.331 e. The molecule has 1 atom stereocenters. The van der Waals surface area contributed by atoms with Crippen molar-refractivity contribution in [1.82, 2.24) is 20.4 Å². The van der Waals surface area contributed by atoms with Gasteiger partial charge in [-0.05, 0) is 94.6 Å². The van der Waals surface area contributed by atoms with Crippen LogP contribution in [-0.4, -0.2) is 46.6 Å². The summed E-state index contributed by atoms with van der Waals surface area (Å²) in [4.78, 5) is 6.54. The van der Waals surface area contributed by atoms with Crippen LogP contribution in [0, 0.1) is 19.7 Å². The van der Waals surface area contributed by atoms with Gasteiger partial charge in [0, 0.05) is 24.0 Å². The third kappa shape index (κ3) is 5.44. The highest BCUT2D eigenvalue weighted by molar-refractivity contribution is 5.84. The fourth-order valence-corrected chi connectivity index (χ4v) is 6.05. The molecule has 0 radical (unpaired) electrons. The first-order valence-electron chi connectivity index (χ1n) is 13.3. The lowest BCUT2D eigenvalue weighted by molar-refractivity contribution is -0.0871. The zero-order valence-corrected chi connectivity index (χ0v) is 21.8. The fourth-order valence-electron chi connectivity index (χ4n) is 6.05. The molecule has 2 aliphatic heterocycles. The first kappa shape index (κ1) is 26.7. The number of aromatic amines is 1. The fraction of sp³-hybridized carbons (Fsp3) is 0.556. The molecule has 5 rings (SSSR count). The highest BCUT2D eigenvalue weighted by Crippen LogP contribution is 2.39. The van der Waals surface area contributed by atoms with Gasteiger partial charge in [0.25, 0.3) is 0 Å². The Hall–Kier alpha value is -2.92. The van der Waals surface area contributed by atoms with E-state index in [-0.39, 0.29) is 17.3 Å². The molecule has 1 aromatic heterocycles. The monoisotopic (exact) mass is 533 g/mol. The van der Waals surface area contributed by atoms with Gasteiger partial charge < -0.3 is 15.5 Å². The van der Waals surface area contributed by atoms with Gasteiger partial charge in [-0.1, -0.05) is 6.42 Å². The lowest BCUT2D eigenvalue weighted by Gasteiger charge is -2.39. The molecule has 38 heavy (non-hydrogen) atoms. The Morgan fingerprint density at radius 1 is 1.05 bits per heavy atom. The number of likely N-dealkylation sites (tertiary alicyclic amines) is 1. The number of anilines is 1. The molecule has 1 aliphatic carbocycles. The summed E-state index contributed by atoms with van der Waals surface area (Å²) in [7, 11) is 0. The SMILES string of the molecule is Cc1cc(NC2=C(C(F)(F)F)C=NC(N)(c3cc(C)c(C4CCC(N5CCCCC5)CC4)cc3F)N2)n[nH]1. The first-order chi connectivity index (χ1) is 18.0. The lowest BCUT2D eigenvalue weighted by Crippen LogP contribution is -2.53. The van der Waals surface area contributed by atoms with E-state index in [1.54, 1.807) is 19.1 Å². The summed E-state index contributed by atoms with van der Waals surface area (Å²) >= 11 is 0. The number of nitrogens with two attached hydrogens (primary N) is 1. The summed E-state index contributed by atoms with van der Waals surface area (Å²) in [6.07, 6.45) is 3.92. The van der Waals surface area contributed by atoms with Crippen LogP contribution in [0.3, 0.4) is 0 Å². The average Bonchev–Trinajstić information content (AvgIpc) is 3.29. The summed E-state index contributed by atoms with van der Waals surface area (Å²) in [6.45, 7) is 5.96. The van der Waals surface area contributed by atoms with Gasteiger partial charge in [0.1, 0.15) is 17.2 Å². The van der Waals surface area contributed by atoms with Gasteiger partial charge in [-0.15, -0.1) is 0 Å². The molecule has 7 nitrogen and oxygen atoms in total. The van der Waals surface area contributed by atoms with Crippen molar-refractivity contribution in [2.24, 2.45) is 10.7 Å². The number of nitrogens with one attached hydrogen (secondary N) is 3. The Labute approximate surface area is 220 Å². The summed E-state index contributed by atoms with van der Waals surface area (Å²) in [6, 6.07) is 5.25. The van der Waals surface area contributed by atoms with Crippen LogP contribution in [0.1, 0.15) is 73.2 Å². The molecule has 0 amide bonds. The number of nitrogens with zero attached hydrogens (tertiary/aromatic N) is 3. The number of aryl methyl sites for hydroxylation is 2. The van der Waals surface area contributed by atoms with E-state index in [0.717, 1.165) is 36.8 Å². The number of hydrogen-bond donors (Lipinski definition) is 4. The molecule has 0 bridgehead atoms. The number of benzene rings is 1. The third-order valence-electron chi connectivity index (χ3n) is 8.06. The highest BCUT2D eigenvalue weighted by atomic mass is 19.4. The van der Waals surface area contributed by atoms with Gasteiger partial charge in [0.05, 0.1) is 5.56 Å². The van der Waals surface area contributed by atoms with Crippen LogP contribution in [0.5, 0.6) is 0 Å².